The van der Waals surface area contributed by atoms with Gasteiger partial charge in [-0.2, -0.15) is 4.98 Å². The molecule has 3 aromatic rings. The van der Waals surface area contributed by atoms with Gasteiger partial charge < -0.3 is 14.7 Å². The summed E-state index contributed by atoms with van der Waals surface area (Å²) >= 11 is 0. The topological polar surface area (TPSA) is 92.9 Å². The van der Waals surface area contributed by atoms with E-state index in [9.17, 15) is 0 Å². The third kappa shape index (κ3) is 4.11. The molecule has 8 heteroatoms. The molecule has 1 fully saturated rings. The summed E-state index contributed by atoms with van der Waals surface area (Å²) in [5.74, 6) is 3.09. The van der Waals surface area contributed by atoms with Crippen molar-refractivity contribution >= 4 is 5.82 Å². The molecule has 4 rings (SSSR count). The van der Waals surface area contributed by atoms with E-state index in [4.69, 9.17) is 4.52 Å². The van der Waals surface area contributed by atoms with Crippen LogP contribution in [0.4, 0.5) is 5.82 Å². The summed E-state index contributed by atoms with van der Waals surface area (Å²) in [6.45, 7) is 4.46. The summed E-state index contributed by atoms with van der Waals surface area (Å²) in [7, 11) is 1.97. The Kier molecular flexibility index (Phi) is 5.06. The number of aromatic nitrogens is 5. The Hall–Kier alpha value is -2.87. The number of piperidine rings is 1. The zero-order chi connectivity index (χ0) is 18.6. The molecule has 1 saturated heterocycles. The molecule has 4 heterocycles. The van der Waals surface area contributed by atoms with E-state index < -0.39 is 0 Å². The quantitative estimate of drug-likeness (QED) is 0.736. The fraction of sp³-hybridized carbons (Fsp3) is 0.421. The van der Waals surface area contributed by atoms with Gasteiger partial charge in [-0.25, -0.2) is 9.97 Å². The highest BCUT2D eigenvalue weighted by Crippen LogP contribution is 2.25. The molecule has 1 aliphatic heterocycles. The predicted molar refractivity (Wildman–Crippen MR) is 101 cm³/mol. The molecule has 1 N–H and O–H groups in total. The standard InChI is InChI=1S/C19H23N7O/c1-13-22-16(14-6-5-8-20-11-14)10-17(23-13)26(2)12-18-24-19(25-27-18)15-7-3-4-9-21-15/h3-4,7,9-10,14,20H,5-6,8,11-12H2,1-2H3. The van der Waals surface area contributed by atoms with Gasteiger partial charge in [0.1, 0.15) is 17.3 Å². The second-order valence-corrected chi connectivity index (χ2v) is 6.82. The molecule has 1 aliphatic rings. The fourth-order valence-corrected chi connectivity index (χ4v) is 3.29. The van der Waals surface area contributed by atoms with Crippen LogP contribution < -0.4 is 10.2 Å². The first-order chi connectivity index (χ1) is 13.2. The Morgan fingerprint density at radius 3 is 2.96 bits per heavy atom. The van der Waals surface area contributed by atoms with Gasteiger partial charge in [0.2, 0.25) is 11.7 Å². The van der Waals surface area contributed by atoms with Crippen LogP contribution in [0.5, 0.6) is 0 Å². The molecule has 0 aliphatic carbocycles. The minimum absolute atomic E-state index is 0.437. The Morgan fingerprint density at radius 1 is 1.26 bits per heavy atom. The maximum Gasteiger partial charge on any atom is 0.246 e. The smallest absolute Gasteiger partial charge is 0.246 e. The highest BCUT2D eigenvalue weighted by molar-refractivity contribution is 5.47. The number of aryl methyl sites for hydroxylation is 1. The lowest BCUT2D eigenvalue weighted by molar-refractivity contribution is 0.378. The Bertz CT molecular complexity index is 890. The molecule has 0 amide bonds. The van der Waals surface area contributed by atoms with E-state index in [1.54, 1.807) is 6.20 Å². The number of rotatable bonds is 5. The van der Waals surface area contributed by atoms with E-state index in [0.29, 0.717) is 29.9 Å². The van der Waals surface area contributed by atoms with Crippen molar-refractivity contribution in [1.82, 2.24) is 30.4 Å². The third-order valence-electron chi connectivity index (χ3n) is 4.69. The molecular weight excluding hydrogens is 342 g/mol. The third-order valence-corrected chi connectivity index (χ3v) is 4.69. The molecule has 3 aromatic heterocycles. The van der Waals surface area contributed by atoms with Crippen molar-refractivity contribution in [3.05, 3.63) is 47.9 Å². The van der Waals surface area contributed by atoms with E-state index in [-0.39, 0.29) is 0 Å². The molecule has 0 bridgehead atoms. The van der Waals surface area contributed by atoms with Gasteiger partial charge in [-0.3, -0.25) is 4.98 Å². The zero-order valence-electron chi connectivity index (χ0n) is 15.6. The lowest BCUT2D eigenvalue weighted by Crippen LogP contribution is -2.29. The lowest BCUT2D eigenvalue weighted by Gasteiger charge is -2.24. The molecular formula is C19H23N7O. The van der Waals surface area contributed by atoms with E-state index >= 15 is 0 Å². The fourth-order valence-electron chi connectivity index (χ4n) is 3.29. The van der Waals surface area contributed by atoms with Crippen LogP contribution in [0.3, 0.4) is 0 Å². The molecule has 27 heavy (non-hydrogen) atoms. The van der Waals surface area contributed by atoms with Gasteiger partial charge in [0.15, 0.2) is 0 Å². The minimum atomic E-state index is 0.437. The Morgan fingerprint density at radius 2 is 2.19 bits per heavy atom. The number of nitrogens with zero attached hydrogens (tertiary/aromatic N) is 6. The number of anilines is 1. The van der Waals surface area contributed by atoms with Gasteiger partial charge in [-0.1, -0.05) is 11.2 Å². The van der Waals surface area contributed by atoms with Gasteiger partial charge in [0, 0.05) is 31.8 Å². The molecule has 140 valence electrons. The molecule has 0 aromatic carbocycles. The maximum absolute atomic E-state index is 5.39. The molecule has 1 unspecified atom stereocenters. The summed E-state index contributed by atoms with van der Waals surface area (Å²) in [6.07, 6.45) is 4.05. The normalized spacial score (nSPS) is 17.0. The predicted octanol–water partition coefficient (Wildman–Crippen LogP) is 2.33. The lowest BCUT2D eigenvalue weighted by atomic mass is 9.96. The van der Waals surface area contributed by atoms with Gasteiger partial charge in [0.25, 0.3) is 0 Å². The van der Waals surface area contributed by atoms with Crippen molar-refractivity contribution in [2.45, 2.75) is 32.2 Å². The van der Waals surface area contributed by atoms with E-state index in [0.717, 1.165) is 36.8 Å². The monoisotopic (exact) mass is 365 g/mol. The molecule has 8 nitrogen and oxygen atoms in total. The van der Waals surface area contributed by atoms with Gasteiger partial charge in [0.05, 0.1) is 12.2 Å². The van der Waals surface area contributed by atoms with Crippen LogP contribution in [0.1, 0.15) is 36.2 Å². The van der Waals surface area contributed by atoms with E-state index in [1.165, 1.54) is 6.42 Å². The average Bonchev–Trinajstić information content (AvgIpc) is 3.17. The Labute approximate surface area is 158 Å². The van der Waals surface area contributed by atoms with Crippen molar-refractivity contribution in [2.75, 3.05) is 25.0 Å². The van der Waals surface area contributed by atoms with Crippen LogP contribution in [0, 0.1) is 6.92 Å². The zero-order valence-corrected chi connectivity index (χ0v) is 15.6. The second-order valence-electron chi connectivity index (χ2n) is 6.82. The van der Waals surface area contributed by atoms with E-state index in [1.807, 2.05) is 37.1 Å². The van der Waals surface area contributed by atoms with Crippen molar-refractivity contribution in [1.29, 1.82) is 0 Å². The van der Waals surface area contributed by atoms with Crippen molar-refractivity contribution < 1.29 is 4.52 Å². The molecule has 0 saturated carbocycles. The van der Waals surface area contributed by atoms with Crippen molar-refractivity contribution in [3.8, 4) is 11.5 Å². The minimum Gasteiger partial charge on any atom is -0.350 e. The number of nitrogens with one attached hydrogen (secondary N) is 1. The number of hydrogen-bond acceptors (Lipinski definition) is 8. The highest BCUT2D eigenvalue weighted by Gasteiger charge is 2.19. The van der Waals surface area contributed by atoms with Gasteiger partial charge in [-0.15, -0.1) is 0 Å². The summed E-state index contributed by atoms with van der Waals surface area (Å²) in [4.78, 5) is 19.9. The first-order valence-corrected chi connectivity index (χ1v) is 9.20. The Balaban J connectivity index is 1.50. The summed E-state index contributed by atoms with van der Waals surface area (Å²) in [6, 6.07) is 7.68. The highest BCUT2D eigenvalue weighted by atomic mass is 16.5. The molecule has 0 spiro atoms. The largest absolute Gasteiger partial charge is 0.350 e. The van der Waals surface area contributed by atoms with Crippen LogP contribution in [0.2, 0.25) is 0 Å². The SMILES string of the molecule is Cc1nc(C2CCCNC2)cc(N(C)Cc2nc(-c3ccccn3)no2)n1. The van der Waals surface area contributed by atoms with E-state index in [2.05, 4.69) is 36.5 Å². The van der Waals surface area contributed by atoms with Crippen LogP contribution in [-0.4, -0.2) is 45.2 Å². The van der Waals surface area contributed by atoms with Crippen LogP contribution >= 0.6 is 0 Å². The van der Waals surface area contributed by atoms with Crippen LogP contribution in [-0.2, 0) is 6.54 Å². The summed E-state index contributed by atoms with van der Waals surface area (Å²) in [5, 5.41) is 7.47. The van der Waals surface area contributed by atoms with Gasteiger partial charge in [-0.05, 0) is 38.4 Å². The van der Waals surface area contributed by atoms with Crippen molar-refractivity contribution in [2.24, 2.45) is 0 Å². The summed E-state index contributed by atoms with van der Waals surface area (Å²) in [5.41, 5.74) is 1.79. The van der Waals surface area contributed by atoms with Gasteiger partial charge >= 0.3 is 0 Å². The van der Waals surface area contributed by atoms with Crippen LogP contribution in [0.25, 0.3) is 11.5 Å². The first kappa shape index (κ1) is 17.5. The van der Waals surface area contributed by atoms with Crippen LogP contribution in [0.15, 0.2) is 35.0 Å². The molecule has 1 atom stereocenters. The second kappa shape index (κ2) is 7.79. The first-order valence-electron chi connectivity index (χ1n) is 9.20. The number of pyridine rings is 1. The summed E-state index contributed by atoms with van der Waals surface area (Å²) < 4.78 is 5.39. The molecule has 0 radical (unpaired) electrons. The average molecular weight is 365 g/mol. The van der Waals surface area contributed by atoms with Crippen molar-refractivity contribution in [3.63, 3.8) is 0 Å². The number of hydrogen-bond donors (Lipinski definition) is 1. The maximum atomic E-state index is 5.39.